The molecule has 3 nitrogen and oxygen atoms in total. The van der Waals surface area contributed by atoms with E-state index in [9.17, 15) is 4.79 Å². The average molecular weight is 279 g/mol. The van der Waals surface area contributed by atoms with Crippen LogP contribution >= 0.6 is 11.8 Å². The van der Waals surface area contributed by atoms with E-state index in [1.54, 1.807) is 0 Å². The molecule has 4 heteroatoms. The summed E-state index contributed by atoms with van der Waals surface area (Å²) in [4.78, 5) is 12.2. The lowest BCUT2D eigenvalue weighted by molar-refractivity contribution is -0.145. The van der Waals surface area contributed by atoms with E-state index >= 15 is 0 Å². The normalized spacial score (nSPS) is 20.0. The number of thioether (sulfide) groups is 1. The van der Waals surface area contributed by atoms with Crippen molar-refractivity contribution in [2.24, 2.45) is 5.92 Å². The second-order valence-corrected chi connectivity index (χ2v) is 5.96. The van der Waals surface area contributed by atoms with Crippen molar-refractivity contribution in [1.82, 2.24) is 0 Å². The zero-order valence-corrected chi connectivity index (χ0v) is 12.3. The molecule has 0 bridgehead atoms. The van der Waals surface area contributed by atoms with Crippen molar-refractivity contribution in [2.45, 2.75) is 26.3 Å². The maximum atomic E-state index is 12.2. The Bertz CT molecular complexity index is 430. The molecule has 1 aliphatic rings. The Kier molecular flexibility index (Phi) is 5.14. The fourth-order valence-corrected chi connectivity index (χ4v) is 3.62. The van der Waals surface area contributed by atoms with Gasteiger partial charge in [-0.2, -0.15) is 11.8 Å². The van der Waals surface area contributed by atoms with E-state index < -0.39 is 0 Å². The van der Waals surface area contributed by atoms with Crippen molar-refractivity contribution in [1.29, 1.82) is 0 Å². The van der Waals surface area contributed by atoms with Gasteiger partial charge in [-0.15, -0.1) is 0 Å². The van der Waals surface area contributed by atoms with Gasteiger partial charge in [0.25, 0.3) is 0 Å². The van der Waals surface area contributed by atoms with Gasteiger partial charge in [0.05, 0.1) is 6.61 Å². The molecule has 0 spiro atoms. The van der Waals surface area contributed by atoms with Crippen molar-refractivity contribution < 1.29 is 9.53 Å². The summed E-state index contributed by atoms with van der Waals surface area (Å²) in [5.41, 5.74) is 2.18. The number of carbonyl (C=O) groups excluding carboxylic acids is 1. The van der Waals surface area contributed by atoms with Crippen LogP contribution in [0.15, 0.2) is 24.3 Å². The van der Waals surface area contributed by atoms with Crippen molar-refractivity contribution in [2.75, 3.05) is 23.4 Å². The van der Waals surface area contributed by atoms with E-state index in [4.69, 9.17) is 4.74 Å². The van der Waals surface area contributed by atoms with Crippen LogP contribution in [0, 0.1) is 12.8 Å². The standard InChI is InChI=1S/C15H21NO2S/c1-3-18-15(17)14(12-8-9-19-10-12)16-13-7-5-4-6-11(13)2/h4-7,12,14,16H,3,8-10H2,1-2H3. The van der Waals surface area contributed by atoms with Crippen LogP contribution in [0.5, 0.6) is 0 Å². The molecule has 1 aromatic rings. The molecule has 1 saturated heterocycles. The Labute approximate surface area is 119 Å². The summed E-state index contributed by atoms with van der Waals surface area (Å²) in [5.74, 6) is 2.40. The fraction of sp³-hybridized carbons (Fsp3) is 0.533. The highest BCUT2D eigenvalue weighted by molar-refractivity contribution is 7.99. The van der Waals surface area contributed by atoms with Gasteiger partial charge in [-0.3, -0.25) is 0 Å². The van der Waals surface area contributed by atoms with Gasteiger partial charge in [-0.25, -0.2) is 4.79 Å². The van der Waals surface area contributed by atoms with E-state index in [1.807, 2.05) is 49.9 Å². The first kappa shape index (κ1) is 14.3. The van der Waals surface area contributed by atoms with Gasteiger partial charge in [-0.1, -0.05) is 18.2 Å². The molecule has 19 heavy (non-hydrogen) atoms. The molecule has 2 unspecified atom stereocenters. The van der Waals surface area contributed by atoms with Crippen molar-refractivity contribution in [3.8, 4) is 0 Å². The highest BCUT2D eigenvalue weighted by Gasteiger charge is 2.32. The lowest BCUT2D eigenvalue weighted by Crippen LogP contribution is -2.38. The molecule has 0 amide bonds. The predicted octanol–water partition coefficient (Wildman–Crippen LogP) is 3.09. The summed E-state index contributed by atoms with van der Waals surface area (Å²) in [7, 11) is 0. The predicted molar refractivity (Wildman–Crippen MR) is 80.7 cm³/mol. The number of hydrogen-bond acceptors (Lipinski definition) is 4. The summed E-state index contributed by atoms with van der Waals surface area (Å²) < 4.78 is 5.22. The fourth-order valence-electron chi connectivity index (χ4n) is 2.32. The molecular weight excluding hydrogens is 258 g/mol. The van der Waals surface area contributed by atoms with Gasteiger partial charge >= 0.3 is 5.97 Å². The van der Waals surface area contributed by atoms with E-state index in [1.165, 1.54) is 0 Å². The number of anilines is 1. The number of para-hydroxylation sites is 1. The van der Waals surface area contributed by atoms with Gasteiger partial charge in [0.15, 0.2) is 0 Å². The maximum Gasteiger partial charge on any atom is 0.328 e. The number of benzene rings is 1. The van der Waals surface area contributed by atoms with Crippen molar-refractivity contribution in [3.05, 3.63) is 29.8 Å². The molecule has 0 radical (unpaired) electrons. The van der Waals surface area contributed by atoms with Crippen molar-refractivity contribution >= 4 is 23.4 Å². The summed E-state index contributed by atoms with van der Waals surface area (Å²) in [5, 5.41) is 3.39. The Morgan fingerprint density at radius 1 is 1.53 bits per heavy atom. The van der Waals surface area contributed by atoms with Crippen LogP contribution in [0.2, 0.25) is 0 Å². The molecule has 1 N–H and O–H groups in total. The minimum absolute atomic E-state index is 0.127. The second kappa shape index (κ2) is 6.85. The Morgan fingerprint density at radius 2 is 2.32 bits per heavy atom. The number of carbonyl (C=O) groups is 1. The summed E-state index contributed by atoms with van der Waals surface area (Å²) in [6, 6.07) is 7.83. The minimum Gasteiger partial charge on any atom is -0.464 e. The zero-order valence-electron chi connectivity index (χ0n) is 11.5. The average Bonchev–Trinajstić information content (AvgIpc) is 2.91. The SMILES string of the molecule is CCOC(=O)C(Nc1ccccc1C)C1CCSC1. The van der Waals surface area contributed by atoms with E-state index in [2.05, 4.69) is 5.32 Å². The Balaban J connectivity index is 2.13. The van der Waals surface area contributed by atoms with E-state index in [0.29, 0.717) is 12.5 Å². The molecule has 2 rings (SSSR count). The van der Waals surface area contributed by atoms with Gasteiger partial charge < -0.3 is 10.1 Å². The molecule has 1 aromatic carbocycles. The number of esters is 1. The summed E-state index contributed by atoms with van der Waals surface area (Å²) in [6.45, 7) is 4.34. The molecular formula is C15H21NO2S. The molecule has 1 heterocycles. The second-order valence-electron chi connectivity index (χ2n) is 4.81. The Morgan fingerprint density at radius 3 is 2.95 bits per heavy atom. The topological polar surface area (TPSA) is 38.3 Å². The van der Waals surface area contributed by atoms with Gasteiger partial charge in [0, 0.05) is 5.69 Å². The van der Waals surface area contributed by atoms with Gasteiger partial charge in [-0.05, 0) is 49.3 Å². The molecule has 2 atom stereocenters. The van der Waals surface area contributed by atoms with Crippen LogP contribution in [0.4, 0.5) is 5.69 Å². The third-order valence-electron chi connectivity index (χ3n) is 3.43. The van der Waals surface area contributed by atoms with E-state index in [0.717, 1.165) is 29.2 Å². The smallest absolute Gasteiger partial charge is 0.328 e. The first-order valence-electron chi connectivity index (χ1n) is 6.79. The van der Waals surface area contributed by atoms with Crippen LogP contribution in [0.25, 0.3) is 0 Å². The summed E-state index contributed by atoms with van der Waals surface area (Å²) in [6.07, 6.45) is 1.08. The van der Waals surface area contributed by atoms with Crippen molar-refractivity contribution in [3.63, 3.8) is 0 Å². The van der Waals surface area contributed by atoms with Crippen LogP contribution in [0.1, 0.15) is 18.9 Å². The molecule has 1 fully saturated rings. The number of rotatable bonds is 5. The van der Waals surface area contributed by atoms with Crippen LogP contribution in [-0.4, -0.2) is 30.1 Å². The molecule has 104 valence electrons. The Hall–Kier alpha value is -1.16. The third-order valence-corrected chi connectivity index (χ3v) is 4.62. The highest BCUT2D eigenvalue weighted by atomic mass is 32.2. The number of hydrogen-bond donors (Lipinski definition) is 1. The monoisotopic (exact) mass is 279 g/mol. The maximum absolute atomic E-state index is 12.2. The number of aryl methyl sites for hydroxylation is 1. The molecule has 0 aliphatic carbocycles. The number of nitrogens with one attached hydrogen (secondary N) is 1. The van der Waals surface area contributed by atoms with E-state index in [-0.39, 0.29) is 12.0 Å². The lowest BCUT2D eigenvalue weighted by atomic mass is 9.98. The van der Waals surface area contributed by atoms with Gasteiger partial charge in [0.1, 0.15) is 6.04 Å². The molecule has 0 saturated carbocycles. The van der Waals surface area contributed by atoms with Gasteiger partial charge in [0.2, 0.25) is 0 Å². The van der Waals surface area contributed by atoms with Crippen LogP contribution < -0.4 is 5.32 Å². The molecule has 0 aromatic heterocycles. The first-order chi connectivity index (χ1) is 9.22. The zero-order chi connectivity index (χ0) is 13.7. The molecule has 1 aliphatic heterocycles. The summed E-state index contributed by atoms with van der Waals surface area (Å²) >= 11 is 1.91. The van der Waals surface area contributed by atoms with Crippen LogP contribution in [0.3, 0.4) is 0 Å². The number of ether oxygens (including phenoxy) is 1. The lowest BCUT2D eigenvalue weighted by Gasteiger charge is -2.24. The third kappa shape index (κ3) is 3.66. The largest absolute Gasteiger partial charge is 0.464 e. The minimum atomic E-state index is -0.226. The first-order valence-corrected chi connectivity index (χ1v) is 7.94. The van der Waals surface area contributed by atoms with Crippen LogP contribution in [-0.2, 0) is 9.53 Å². The highest BCUT2D eigenvalue weighted by Crippen LogP contribution is 2.29. The quantitative estimate of drug-likeness (QED) is 0.841.